The molecular formula is C13H17N3. The van der Waals surface area contributed by atoms with Gasteiger partial charge in [0.25, 0.3) is 0 Å². The Morgan fingerprint density at radius 1 is 1.25 bits per heavy atom. The molecule has 0 fully saturated rings. The molecule has 1 aromatic carbocycles. The Bertz CT molecular complexity index is 474. The first kappa shape index (κ1) is 10.7. The summed E-state index contributed by atoms with van der Waals surface area (Å²) in [4.78, 5) is 0. The molecule has 0 bridgehead atoms. The van der Waals surface area contributed by atoms with E-state index >= 15 is 0 Å². The number of benzene rings is 1. The van der Waals surface area contributed by atoms with E-state index in [-0.39, 0.29) is 6.04 Å². The predicted octanol–water partition coefficient (Wildman–Crippen LogP) is 2.90. The fraction of sp³-hybridized carbons (Fsp3) is 0.308. The zero-order chi connectivity index (χ0) is 11.5. The third-order valence-corrected chi connectivity index (χ3v) is 2.84. The zero-order valence-corrected chi connectivity index (χ0v) is 9.94. The molecule has 2 rings (SSSR count). The second-order valence-corrected chi connectivity index (χ2v) is 4.06. The Hall–Kier alpha value is -1.77. The SMILES string of the molecule is Cc1ccccc1C(C)Nc1ccnn1C. The number of rotatable bonds is 3. The monoisotopic (exact) mass is 215 g/mol. The summed E-state index contributed by atoms with van der Waals surface area (Å²) >= 11 is 0. The van der Waals surface area contributed by atoms with Crippen LogP contribution < -0.4 is 5.32 Å². The molecule has 1 aromatic heterocycles. The van der Waals surface area contributed by atoms with Gasteiger partial charge in [-0.2, -0.15) is 5.10 Å². The van der Waals surface area contributed by atoms with Crippen molar-refractivity contribution in [2.24, 2.45) is 7.05 Å². The van der Waals surface area contributed by atoms with Crippen LogP contribution in [0.5, 0.6) is 0 Å². The van der Waals surface area contributed by atoms with Gasteiger partial charge in [-0.3, -0.25) is 4.68 Å². The van der Waals surface area contributed by atoms with Crippen molar-refractivity contribution in [3.63, 3.8) is 0 Å². The maximum Gasteiger partial charge on any atom is 0.124 e. The third kappa shape index (κ3) is 2.08. The number of hydrogen-bond donors (Lipinski definition) is 1. The van der Waals surface area contributed by atoms with Gasteiger partial charge in [0.15, 0.2) is 0 Å². The van der Waals surface area contributed by atoms with Crippen LogP contribution >= 0.6 is 0 Å². The van der Waals surface area contributed by atoms with Crippen LogP contribution in [-0.4, -0.2) is 9.78 Å². The first-order chi connectivity index (χ1) is 7.68. The summed E-state index contributed by atoms with van der Waals surface area (Å²) in [6, 6.07) is 10.7. The minimum atomic E-state index is 0.289. The molecular weight excluding hydrogens is 198 g/mol. The van der Waals surface area contributed by atoms with Gasteiger partial charge < -0.3 is 5.32 Å². The molecule has 0 aliphatic heterocycles. The van der Waals surface area contributed by atoms with Gasteiger partial charge in [-0.05, 0) is 25.0 Å². The number of anilines is 1. The summed E-state index contributed by atoms with van der Waals surface area (Å²) in [5.41, 5.74) is 2.63. The quantitative estimate of drug-likeness (QED) is 0.853. The van der Waals surface area contributed by atoms with Gasteiger partial charge in [-0.1, -0.05) is 24.3 Å². The molecule has 0 saturated carbocycles. The zero-order valence-electron chi connectivity index (χ0n) is 9.94. The Kier molecular flexibility index (Phi) is 2.95. The highest BCUT2D eigenvalue weighted by atomic mass is 15.3. The Balaban J connectivity index is 2.18. The molecule has 0 aliphatic rings. The van der Waals surface area contributed by atoms with E-state index in [1.165, 1.54) is 11.1 Å². The van der Waals surface area contributed by atoms with Gasteiger partial charge in [0.05, 0.1) is 12.2 Å². The second kappa shape index (κ2) is 4.39. The van der Waals surface area contributed by atoms with Gasteiger partial charge in [0.1, 0.15) is 5.82 Å². The summed E-state index contributed by atoms with van der Waals surface area (Å²) in [5.74, 6) is 1.04. The molecule has 0 aliphatic carbocycles. The highest BCUT2D eigenvalue weighted by Crippen LogP contribution is 2.21. The summed E-state index contributed by atoms with van der Waals surface area (Å²) in [6.07, 6.45) is 1.80. The topological polar surface area (TPSA) is 29.9 Å². The lowest BCUT2D eigenvalue weighted by molar-refractivity contribution is 0.749. The van der Waals surface area contributed by atoms with Crippen molar-refractivity contribution in [2.45, 2.75) is 19.9 Å². The molecule has 16 heavy (non-hydrogen) atoms. The summed E-state index contributed by atoms with van der Waals surface area (Å²) in [5, 5.41) is 7.59. The van der Waals surface area contributed by atoms with Crippen LogP contribution in [0.25, 0.3) is 0 Å². The molecule has 3 heteroatoms. The maximum atomic E-state index is 4.14. The summed E-state index contributed by atoms with van der Waals surface area (Å²) in [7, 11) is 1.94. The standard InChI is InChI=1S/C13H17N3/c1-10-6-4-5-7-12(10)11(2)15-13-8-9-14-16(13)3/h4-9,11,15H,1-3H3. The normalized spacial score (nSPS) is 12.4. The molecule has 3 nitrogen and oxygen atoms in total. The van der Waals surface area contributed by atoms with Crippen molar-refractivity contribution in [2.75, 3.05) is 5.32 Å². The van der Waals surface area contributed by atoms with Gasteiger partial charge in [-0.15, -0.1) is 0 Å². The largest absolute Gasteiger partial charge is 0.364 e. The molecule has 1 unspecified atom stereocenters. The summed E-state index contributed by atoms with van der Waals surface area (Å²) < 4.78 is 1.84. The number of hydrogen-bond acceptors (Lipinski definition) is 2. The molecule has 0 amide bonds. The fourth-order valence-corrected chi connectivity index (χ4v) is 1.89. The summed E-state index contributed by atoms with van der Waals surface area (Å²) in [6.45, 7) is 4.30. The molecule has 1 atom stereocenters. The van der Waals surface area contributed by atoms with E-state index in [9.17, 15) is 0 Å². The number of nitrogens with zero attached hydrogens (tertiary/aromatic N) is 2. The van der Waals surface area contributed by atoms with Crippen LogP contribution in [0.1, 0.15) is 24.1 Å². The molecule has 0 saturated heterocycles. The highest BCUT2D eigenvalue weighted by Gasteiger charge is 2.08. The van der Waals surface area contributed by atoms with Crippen LogP contribution in [0.15, 0.2) is 36.5 Å². The van der Waals surface area contributed by atoms with Crippen molar-refractivity contribution in [1.29, 1.82) is 0 Å². The van der Waals surface area contributed by atoms with Crippen molar-refractivity contribution in [3.05, 3.63) is 47.7 Å². The molecule has 2 aromatic rings. The predicted molar refractivity (Wildman–Crippen MR) is 66.4 cm³/mol. The van der Waals surface area contributed by atoms with Gasteiger partial charge in [-0.25, -0.2) is 0 Å². The number of aryl methyl sites for hydroxylation is 2. The number of aromatic nitrogens is 2. The highest BCUT2D eigenvalue weighted by molar-refractivity contribution is 5.39. The molecule has 84 valence electrons. The minimum Gasteiger partial charge on any atom is -0.364 e. The molecule has 1 heterocycles. The van der Waals surface area contributed by atoms with E-state index in [1.807, 2.05) is 17.8 Å². The second-order valence-electron chi connectivity index (χ2n) is 4.06. The Morgan fingerprint density at radius 3 is 2.62 bits per heavy atom. The van der Waals surface area contributed by atoms with Crippen LogP contribution in [0.3, 0.4) is 0 Å². The van der Waals surface area contributed by atoms with E-state index in [0.29, 0.717) is 0 Å². The van der Waals surface area contributed by atoms with E-state index < -0.39 is 0 Å². The first-order valence-electron chi connectivity index (χ1n) is 5.48. The Labute approximate surface area is 96.1 Å². The van der Waals surface area contributed by atoms with Crippen molar-refractivity contribution >= 4 is 5.82 Å². The van der Waals surface area contributed by atoms with Gasteiger partial charge >= 0.3 is 0 Å². The van der Waals surface area contributed by atoms with E-state index in [0.717, 1.165) is 5.82 Å². The van der Waals surface area contributed by atoms with Crippen molar-refractivity contribution < 1.29 is 0 Å². The first-order valence-corrected chi connectivity index (χ1v) is 5.48. The van der Waals surface area contributed by atoms with Crippen LogP contribution in [-0.2, 0) is 7.05 Å². The minimum absolute atomic E-state index is 0.289. The van der Waals surface area contributed by atoms with Crippen molar-refractivity contribution in [1.82, 2.24) is 9.78 Å². The fourth-order valence-electron chi connectivity index (χ4n) is 1.89. The lowest BCUT2D eigenvalue weighted by Gasteiger charge is -2.17. The van der Waals surface area contributed by atoms with E-state index in [4.69, 9.17) is 0 Å². The van der Waals surface area contributed by atoms with Crippen molar-refractivity contribution in [3.8, 4) is 0 Å². The molecule has 0 spiro atoms. The third-order valence-electron chi connectivity index (χ3n) is 2.84. The Morgan fingerprint density at radius 2 is 2.00 bits per heavy atom. The van der Waals surface area contributed by atoms with Crippen LogP contribution in [0, 0.1) is 6.92 Å². The molecule has 1 N–H and O–H groups in total. The van der Waals surface area contributed by atoms with Gasteiger partial charge in [0, 0.05) is 13.1 Å². The lowest BCUT2D eigenvalue weighted by Crippen LogP contribution is -2.11. The van der Waals surface area contributed by atoms with E-state index in [2.05, 4.69) is 48.5 Å². The van der Waals surface area contributed by atoms with Crippen LogP contribution in [0.4, 0.5) is 5.82 Å². The maximum absolute atomic E-state index is 4.14. The van der Waals surface area contributed by atoms with Crippen LogP contribution in [0.2, 0.25) is 0 Å². The average molecular weight is 215 g/mol. The number of nitrogens with one attached hydrogen (secondary N) is 1. The molecule has 0 radical (unpaired) electrons. The lowest BCUT2D eigenvalue weighted by atomic mass is 10.0. The smallest absolute Gasteiger partial charge is 0.124 e. The van der Waals surface area contributed by atoms with E-state index in [1.54, 1.807) is 6.20 Å². The average Bonchev–Trinajstić information content (AvgIpc) is 2.65. The van der Waals surface area contributed by atoms with Gasteiger partial charge in [0.2, 0.25) is 0 Å².